The molecule has 5 nitrogen and oxygen atoms in total. The fraction of sp³-hybridized carbons (Fsp3) is 0.167. The molecule has 0 aliphatic carbocycles. The molecule has 19 heavy (non-hydrogen) atoms. The van der Waals surface area contributed by atoms with Crippen molar-refractivity contribution in [2.45, 2.75) is 6.61 Å². The summed E-state index contributed by atoms with van der Waals surface area (Å²) < 4.78 is 11.7. The van der Waals surface area contributed by atoms with Crippen molar-refractivity contribution in [3.05, 3.63) is 43.8 Å². The number of amides is 1. The van der Waals surface area contributed by atoms with Crippen LogP contribution in [0.3, 0.4) is 0 Å². The third-order valence-electron chi connectivity index (χ3n) is 2.25. The molecular weight excluding hydrogens is 427 g/mol. The van der Waals surface area contributed by atoms with E-state index in [1.54, 1.807) is 13.2 Å². The van der Waals surface area contributed by atoms with E-state index in [-0.39, 0.29) is 18.2 Å². The Hall–Kier alpha value is -0.930. The molecule has 1 aromatic heterocycles. The summed E-state index contributed by atoms with van der Waals surface area (Å²) in [5.41, 5.74) is 0.908. The average molecular weight is 437 g/mol. The lowest BCUT2D eigenvalue weighted by Crippen LogP contribution is -2.12. The second kappa shape index (κ2) is 6.49. The van der Waals surface area contributed by atoms with Crippen LogP contribution in [-0.2, 0) is 11.3 Å². The van der Waals surface area contributed by atoms with Gasteiger partial charge in [-0.1, -0.05) is 5.16 Å². The number of hydrogen-bond acceptors (Lipinski definition) is 4. The van der Waals surface area contributed by atoms with Gasteiger partial charge in [0.05, 0.1) is 5.69 Å². The first-order valence-corrected chi connectivity index (χ1v) is 7.18. The Kier molecular flexibility index (Phi) is 4.94. The van der Waals surface area contributed by atoms with Crippen molar-refractivity contribution in [3.63, 3.8) is 0 Å². The molecule has 1 N–H and O–H groups in total. The molecule has 100 valence electrons. The van der Waals surface area contributed by atoms with Gasteiger partial charge in [-0.25, -0.2) is 0 Å². The predicted molar refractivity (Wildman–Crippen MR) is 82.0 cm³/mol. The molecule has 0 saturated carbocycles. The molecule has 0 aliphatic heterocycles. The number of rotatable bonds is 4. The van der Waals surface area contributed by atoms with Crippen molar-refractivity contribution in [1.29, 1.82) is 0 Å². The first-order valence-electron chi connectivity index (χ1n) is 5.31. The van der Waals surface area contributed by atoms with Crippen molar-refractivity contribution in [1.82, 2.24) is 5.16 Å². The Balaban J connectivity index is 2.13. The molecule has 0 saturated heterocycles. The van der Waals surface area contributed by atoms with E-state index in [1.165, 1.54) is 0 Å². The zero-order valence-electron chi connectivity index (χ0n) is 9.94. The second-order valence-corrected chi connectivity index (χ2v) is 5.79. The molecule has 0 atom stereocenters. The van der Waals surface area contributed by atoms with Crippen molar-refractivity contribution in [2.24, 2.45) is 0 Å². The maximum atomic E-state index is 12.0. The highest BCUT2D eigenvalue weighted by Gasteiger charge is 2.14. The molecule has 2 aromatic rings. The summed E-state index contributed by atoms with van der Waals surface area (Å²) in [7, 11) is 1.55. The summed E-state index contributed by atoms with van der Waals surface area (Å²) in [5, 5.41) is 6.47. The Morgan fingerprint density at radius 1 is 1.53 bits per heavy atom. The van der Waals surface area contributed by atoms with E-state index in [9.17, 15) is 4.79 Å². The number of carbonyl (C=O) groups excluding carboxylic acids is 1. The van der Waals surface area contributed by atoms with Gasteiger partial charge in [-0.15, -0.1) is 0 Å². The number of nitrogens with zero attached hydrogens (tertiary/aromatic N) is 1. The standard InChI is InChI=1S/C12H10BrIN2O3/c1-18-6-8-5-11(16-19-8)12(17)15-10-4-7(14)2-3-9(10)13/h2-5H,6H2,1H3,(H,15,17). The quantitative estimate of drug-likeness (QED) is 0.745. The third-order valence-corrected chi connectivity index (χ3v) is 3.62. The highest BCUT2D eigenvalue weighted by atomic mass is 127. The smallest absolute Gasteiger partial charge is 0.277 e. The first-order chi connectivity index (χ1) is 9.10. The van der Waals surface area contributed by atoms with E-state index in [1.807, 2.05) is 18.2 Å². The van der Waals surface area contributed by atoms with Crippen molar-refractivity contribution < 1.29 is 14.1 Å². The Morgan fingerprint density at radius 2 is 2.32 bits per heavy atom. The van der Waals surface area contributed by atoms with Crippen LogP contribution in [-0.4, -0.2) is 18.2 Å². The number of aromatic nitrogens is 1. The summed E-state index contributed by atoms with van der Waals surface area (Å²) in [6, 6.07) is 7.23. The largest absolute Gasteiger partial charge is 0.377 e. The number of anilines is 1. The van der Waals surface area contributed by atoms with Crippen LogP contribution in [0.2, 0.25) is 0 Å². The maximum Gasteiger partial charge on any atom is 0.277 e. The molecule has 2 rings (SSSR count). The fourth-order valence-electron chi connectivity index (χ4n) is 1.41. The number of halogens is 2. The van der Waals surface area contributed by atoms with Crippen LogP contribution >= 0.6 is 38.5 Å². The lowest BCUT2D eigenvalue weighted by atomic mass is 10.3. The third kappa shape index (κ3) is 3.77. The van der Waals surface area contributed by atoms with Gasteiger partial charge in [0.25, 0.3) is 5.91 Å². The summed E-state index contributed by atoms with van der Waals surface area (Å²) in [6.45, 7) is 0.285. The summed E-state index contributed by atoms with van der Waals surface area (Å²) in [6.07, 6.45) is 0. The topological polar surface area (TPSA) is 64.4 Å². The van der Waals surface area contributed by atoms with Gasteiger partial charge in [-0.05, 0) is 56.7 Å². The van der Waals surface area contributed by atoms with Crippen LogP contribution in [0.5, 0.6) is 0 Å². The maximum absolute atomic E-state index is 12.0. The molecular formula is C12H10BrIN2O3. The number of carbonyl (C=O) groups is 1. The molecule has 0 spiro atoms. The minimum absolute atomic E-state index is 0.220. The van der Waals surface area contributed by atoms with Crippen LogP contribution < -0.4 is 5.32 Å². The number of methoxy groups -OCH3 is 1. The van der Waals surface area contributed by atoms with Crippen LogP contribution in [0.15, 0.2) is 33.3 Å². The normalized spacial score (nSPS) is 10.5. The Morgan fingerprint density at radius 3 is 3.05 bits per heavy atom. The van der Waals surface area contributed by atoms with Gasteiger partial charge < -0.3 is 14.6 Å². The van der Waals surface area contributed by atoms with Gasteiger partial charge in [0.1, 0.15) is 6.61 Å². The van der Waals surface area contributed by atoms with E-state index in [0.29, 0.717) is 11.4 Å². The second-order valence-electron chi connectivity index (χ2n) is 3.69. The van der Waals surface area contributed by atoms with E-state index >= 15 is 0 Å². The lowest BCUT2D eigenvalue weighted by Gasteiger charge is -2.05. The zero-order valence-corrected chi connectivity index (χ0v) is 13.7. The van der Waals surface area contributed by atoms with Crippen molar-refractivity contribution in [2.75, 3.05) is 12.4 Å². The SMILES string of the molecule is COCc1cc(C(=O)Nc2cc(I)ccc2Br)no1. The van der Waals surface area contributed by atoms with Gasteiger partial charge in [0.2, 0.25) is 0 Å². The first kappa shape index (κ1) is 14.5. The van der Waals surface area contributed by atoms with Gasteiger partial charge in [-0.3, -0.25) is 4.79 Å². The highest BCUT2D eigenvalue weighted by Crippen LogP contribution is 2.24. The molecule has 0 unspecified atom stereocenters. The minimum atomic E-state index is -0.325. The summed E-state index contributed by atoms with van der Waals surface area (Å²) in [5.74, 6) is 0.183. The molecule has 1 amide bonds. The number of ether oxygens (including phenoxy) is 1. The van der Waals surface area contributed by atoms with E-state index < -0.39 is 0 Å². The molecule has 0 fully saturated rings. The fourth-order valence-corrected chi connectivity index (χ4v) is 2.25. The monoisotopic (exact) mass is 436 g/mol. The number of benzene rings is 1. The average Bonchev–Trinajstić information content (AvgIpc) is 2.83. The van der Waals surface area contributed by atoms with Gasteiger partial charge in [0, 0.05) is 21.2 Å². The summed E-state index contributed by atoms with van der Waals surface area (Å²) in [4.78, 5) is 12.0. The molecule has 7 heteroatoms. The van der Waals surface area contributed by atoms with E-state index in [4.69, 9.17) is 9.26 Å². The zero-order chi connectivity index (χ0) is 13.8. The Bertz CT molecular complexity index is 600. The predicted octanol–water partition coefficient (Wildman–Crippen LogP) is 3.44. The van der Waals surface area contributed by atoms with Gasteiger partial charge in [-0.2, -0.15) is 0 Å². The van der Waals surface area contributed by atoms with E-state index in [2.05, 4.69) is 49.0 Å². The van der Waals surface area contributed by atoms with Crippen molar-refractivity contribution in [3.8, 4) is 0 Å². The Labute approximate surface area is 132 Å². The van der Waals surface area contributed by atoms with Gasteiger partial charge >= 0.3 is 0 Å². The lowest BCUT2D eigenvalue weighted by molar-refractivity contribution is 0.101. The van der Waals surface area contributed by atoms with Crippen LogP contribution in [0, 0.1) is 3.57 Å². The molecule has 0 bridgehead atoms. The van der Waals surface area contributed by atoms with Crippen LogP contribution in [0.25, 0.3) is 0 Å². The molecule has 1 heterocycles. The van der Waals surface area contributed by atoms with Crippen molar-refractivity contribution >= 4 is 50.1 Å². The molecule has 0 aliphatic rings. The highest BCUT2D eigenvalue weighted by molar-refractivity contribution is 14.1. The molecule has 1 aromatic carbocycles. The molecule has 0 radical (unpaired) electrons. The number of hydrogen-bond donors (Lipinski definition) is 1. The minimum Gasteiger partial charge on any atom is -0.377 e. The summed E-state index contributed by atoms with van der Waals surface area (Å²) >= 11 is 5.56. The number of nitrogens with one attached hydrogen (secondary N) is 1. The van der Waals surface area contributed by atoms with Crippen LogP contribution in [0.4, 0.5) is 5.69 Å². The van der Waals surface area contributed by atoms with E-state index in [0.717, 1.165) is 8.04 Å². The van der Waals surface area contributed by atoms with Crippen LogP contribution in [0.1, 0.15) is 16.2 Å². The van der Waals surface area contributed by atoms with Gasteiger partial charge in [0.15, 0.2) is 11.5 Å².